The first-order valence-corrected chi connectivity index (χ1v) is 9.23. The summed E-state index contributed by atoms with van der Waals surface area (Å²) in [6.07, 6.45) is 0.410. The van der Waals surface area contributed by atoms with Crippen LogP contribution in [0.4, 0.5) is 0 Å². The maximum Gasteiger partial charge on any atom is 0.238 e. The Hall–Kier alpha value is -2.57. The molecule has 0 amide bonds. The Morgan fingerprint density at radius 3 is 2.24 bits per heavy atom. The van der Waals surface area contributed by atoms with Crippen molar-refractivity contribution in [1.82, 2.24) is 0 Å². The van der Waals surface area contributed by atoms with E-state index in [1.807, 2.05) is 30.3 Å². The second-order valence-electron chi connectivity index (χ2n) is 5.64. The molecule has 3 aromatic carbocycles. The zero-order valence-corrected chi connectivity index (χ0v) is 14.8. The van der Waals surface area contributed by atoms with Gasteiger partial charge in [-0.1, -0.05) is 36.4 Å². The molecule has 130 valence electrons. The third-order valence-electron chi connectivity index (χ3n) is 4.15. The summed E-state index contributed by atoms with van der Waals surface area (Å²) in [6.45, 7) is 0. The molecule has 0 bridgehead atoms. The molecule has 0 aliphatic rings. The van der Waals surface area contributed by atoms with Crippen molar-refractivity contribution in [2.75, 3.05) is 14.2 Å². The highest BCUT2D eigenvalue weighted by Crippen LogP contribution is 2.36. The molecule has 0 spiro atoms. The molecule has 0 heterocycles. The van der Waals surface area contributed by atoms with Gasteiger partial charge >= 0.3 is 0 Å². The largest absolute Gasteiger partial charge is 0.496 e. The van der Waals surface area contributed by atoms with Gasteiger partial charge in [-0.15, -0.1) is 0 Å². The van der Waals surface area contributed by atoms with Crippen LogP contribution >= 0.6 is 0 Å². The average molecular weight is 357 g/mol. The van der Waals surface area contributed by atoms with Gasteiger partial charge in [-0.2, -0.15) is 0 Å². The van der Waals surface area contributed by atoms with Gasteiger partial charge in [0.15, 0.2) is 0 Å². The van der Waals surface area contributed by atoms with Gasteiger partial charge in [0, 0.05) is 10.8 Å². The Bertz CT molecular complexity index is 1030. The van der Waals surface area contributed by atoms with Crippen molar-refractivity contribution in [2.45, 2.75) is 11.3 Å². The van der Waals surface area contributed by atoms with E-state index < -0.39 is 10.0 Å². The third-order valence-corrected chi connectivity index (χ3v) is 5.16. The van der Waals surface area contributed by atoms with E-state index in [9.17, 15) is 8.42 Å². The van der Waals surface area contributed by atoms with Gasteiger partial charge in [-0.3, -0.25) is 0 Å². The van der Waals surface area contributed by atoms with Crippen LogP contribution in [-0.4, -0.2) is 22.6 Å². The van der Waals surface area contributed by atoms with Crippen molar-refractivity contribution in [3.63, 3.8) is 0 Å². The molecule has 5 nitrogen and oxygen atoms in total. The summed E-state index contributed by atoms with van der Waals surface area (Å²) in [6, 6.07) is 16.3. The molecule has 0 aromatic heterocycles. The van der Waals surface area contributed by atoms with Crippen molar-refractivity contribution < 1.29 is 17.9 Å². The van der Waals surface area contributed by atoms with E-state index in [1.54, 1.807) is 32.4 Å². The van der Waals surface area contributed by atoms with Gasteiger partial charge < -0.3 is 9.47 Å². The lowest BCUT2D eigenvalue weighted by molar-refractivity contribution is 0.415. The lowest BCUT2D eigenvalue weighted by Crippen LogP contribution is -2.14. The smallest absolute Gasteiger partial charge is 0.238 e. The minimum absolute atomic E-state index is 0.133. The van der Waals surface area contributed by atoms with E-state index in [-0.39, 0.29) is 4.90 Å². The summed E-state index contributed by atoms with van der Waals surface area (Å²) in [7, 11) is -0.569. The molecular formula is C19H19NO4S. The molecule has 0 unspecified atom stereocenters. The van der Waals surface area contributed by atoms with Crippen molar-refractivity contribution in [2.24, 2.45) is 5.14 Å². The Morgan fingerprint density at radius 2 is 1.56 bits per heavy atom. The number of fused-ring (bicyclic) bond motifs is 1. The third kappa shape index (κ3) is 3.31. The zero-order chi connectivity index (χ0) is 18.0. The van der Waals surface area contributed by atoms with Crippen LogP contribution in [0.3, 0.4) is 0 Å². The Labute approximate surface area is 147 Å². The number of sulfonamides is 1. The van der Waals surface area contributed by atoms with Crippen LogP contribution in [0.1, 0.15) is 11.1 Å². The average Bonchev–Trinajstić information content (AvgIpc) is 2.61. The van der Waals surface area contributed by atoms with Gasteiger partial charge in [-0.25, -0.2) is 13.6 Å². The monoisotopic (exact) mass is 357 g/mol. The van der Waals surface area contributed by atoms with E-state index in [0.717, 1.165) is 22.1 Å². The highest BCUT2D eigenvalue weighted by molar-refractivity contribution is 7.89. The number of methoxy groups -OCH3 is 2. The number of hydrogen-bond donors (Lipinski definition) is 1. The first kappa shape index (κ1) is 17.3. The summed E-state index contributed by atoms with van der Waals surface area (Å²) >= 11 is 0. The normalized spacial score (nSPS) is 11.5. The van der Waals surface area contributed by atoms with Gasteiger partial charge in [0.2, 0.25) is 10.0 Å². The zero-order valence-electron chi connectivity index (χ0n) is 14.0. The van der Waals surface area contributed by atoms with Crippen molar-refractivity contribution in [3.8, 4) is 11.5 Å². The molecule has 0 aliphatic carbocycles. The molecule has 25 heavy (non-hydrogen) atoms. The highest BCUT2D eigenvalue weighted by Gasteiger charge is 2.16. The number of rotatable bonds is 5. The van der Waals surface area contributed by atoms with Crippen molar-refractivity contribution in [1.29, 1.82) is 0 Å². The number of ether oxygens (including phenoxy) is 2. The van der Waals surface area contributed by atoms with E-state index in [0.29, 0.717) is 17.7 Å². The second kappa shape index (κ2) is 6.74. The van der Waals surface area contributed by atoms with Crippen LogP contribution in [0.15, 0.2) is 59.5 Å². The van der Waals surface area contributed by atoms with Crippen LogP contribution in [-0.2, 0) is 16.4 Å². The first-order valence-electron chi connectivity index (χ1n) is 7.69. The van der Waals surface area contributed by atoms with Crippen LogP contribution in [0, 0.1) is 0 Å². The first-order chi connectivity index (χ1) is 12.0. The minimum atomic E-state index is -3.79. The predicted octanol–water partition coefficient (Wildman–Crippen LogP) is 3.10. The van der Waals surface area contributed by atoms with E-state index >= 15 is 0 Å². The standard InChI is InChI=1S/C19H19NO4S/c1-23-16-11-10-14(19-15(16)7-5-8-17(19)24-2)12-13-6-3-4-9-18(13)25(20,21)22/h3-11H,12H2,1-2H3,(H2,20,21,22). The summed E-state index contributed by atoms with van der Waals surface area (Å²) in [5.74, 6) is 1.44. The van der Waals surface area contributed by atoms with Crippen LogP contribution in [0.5, 0.6) is 11.5 Å². The SMILES string of the molecule is COc1ccc(Cc2ccccc2S(N)(=O)=O)c2c(OC)cccc12. The topological polar surface area (TPSA) is 78.6 Å². The lowest BCUT2D eigenvalue weighted by atomic mass is 9.97. The Morgan fingerprint density at radius 1 is 0.840 bits per heavy atom. The number of nitrogens with two attached hydrogens (primary N) is 1. The molecule has 6 heteroatoms. The number of benzene rings is 3. The summed E-state index contributed by atoms with van der Waals surface area (Å²) < 4.78 is 34.7. The fraction of sp³-hybridized carbons (Fsp3) is 0.158. The predicted molar refractivity (Wildman–Crippen MR) is 97.7 cm³/mol. The van der Waals surface area contributed by atoms with Crippen molar-refractivity contribution >= 4 is 20.8 Å². The molecular weight excluding hydrogens is 338 g/mol. The van der Waals surface area contributed by atoms with Crippen molar-refractivity contribution in [3.05, 3.63) is 65.7 Å². The van der Waals surface area contributed by atoms with E-state index in [2.05, 4.69) is 0 Å². The molecule has 0 aliphatic heterocycles. The summed E-state index contributed by atoms with van der Waals surface area (Å²) in [5.41, 5.74) is 1.58. The van der Waals surface area contributed by atoms with Gasteiger partial charge in [0.05, 0.1) is 19.1 Å². The highest BCUT2D eigenvalue weighted by atomic mass is 32.2. The second-order valence-corrected chi connectivity index (χ2v) is 7.17. The Kier molecular flexibility index (Phi) is 4.65. The fourth-order valence-electron chi connectivity index (χ4n) is 3.05. The molecule has 0 radical (unpaired) electrons. The quantitative estimate of drug-likeness (QED) is 0.761. The molecule has 3 aromatic rings. The van der Waals surface area contributed by atoms with Crippen LogP contribution in [0.2, 0.25) is 0 Å². The lowest BCUT2D eigenvalue weighted by Gasteiger charge is -2.15. The molecule has 3 rings (SSSR count). The molecule has 0 saturated heterocycles. The van der Waals surface area contributed by atoms with Gasteiger partial charge in [0.1, 0.15) is 11.5 Å². The molecule has 2 N–H and O–H groups in total. The van der Waals surface area contributed by atoms with E-state index in [4.69, 9.17) is 14.6 Å². The number of hydrogen-bond acceptors (Lipinski definition) is 4. The van der Waals surface area contributed by atoms with Crippen LogP contribution in [0.25, 0.3) is 10.8 Å². The fourth-order valence-corrected chi connectivity index (χ4v) is 3.82. The maximum absolute atomic E-state index is 11.9. The van der Waals surface area contributed by atoms with E-state index in [1.165, 1.54) is 6.07 Å². The summed E-state index contributed by atoms with van der Waals surface area (Å²) in [4.78, 5) is 0.133. The number of primary sulfonamides is 1. The van der Waals surface area contributed by atoms with Crippen LogP contribution < -0.4 is 14.6 Å². The molecule has 0 saturated carbocycles. The van der Waals surface area contributed by atoms with Gasteiger partial charge in [0.25, 0.3) is 0 Å². The molecule has 0 atom stereocenters. The van der Waals surface area contributed by atoms with Gasteiger partial charge in [-0.05, 0) is 35.7 Å². The molecule has 0 fully saturated rings. The Balaban J connectivity index is 2.22. The summed E-state index contributed by atoms with van der Waals surface area (Å²) in [5, 5.41) is 7.16. The maximum atomic E-state index is 11.9. The minimum Gasteiger partial charge on any atom is -0.496 e.